The maximum absolute atomic E-state index is 12.3. The van der Waals surface area contributed by atoms with Crippen LogP contribution in [0.5, 0.6) is 0 Å². The molecule has 1 heterocycles. The van der Waals surface area contributed by atoms with Crippen LogP contribution in [0.1, 0.15) is 45.4 Å². The standard InChI is InChI=1S/C15H26N2O4/c1-10-7-8-17(9-13(10)18)15(21)16-12-6-4-2-3-5-11(12)14(19)20/h10-13,18H,2-9H2,1H3,(H,16,21)(H,19,20). The van der Waals surface area contributed by atoms with E-state index in [1.165, 1.54) is 0 Å². The fraction of sp³-hybridized carbons (Fsp3) is 0.867. The minimum Gasteiger partial charge on any atom is -0.481 e. The highest BCUT2D eigenvalue weighted by molar-refractivity contribution is 5.77. The number of nitrogens with one attached hydrogen (secondary N) is 1. The molecule has 2 aliphatic rings. The van der Waals surface area contributed by atoms with E-state index in [0.29, 0.717) is 19.5 Å². The number of hydrogen-bond donors (Lipinski definition) is 3. The Hall–Kier alpha value is -1.30. The second-order valence-electron chi connectivity index (χ2n) is 6.42. The molecule has 21 heavy (non-hydrogen) atoms. The third-order valence-electron chi connectivity index (χ3n) is 4.85. The number of nitrogens with zero attached hydrogens (tertiary/aromatic N) is 1. The van der Waals surface area contributed by atoms with Gasteiger partial charge in [0.1, 0.15) is 0 Å². The summed E-state index contributed by atoms with van der Waals surface area (Å²) in [5.41, 5.74) is 0. The van der Waals surface area contributed by atoms with Gasteiger partial charge in [0.2, 0.25) is 0 Å². The first kappa shape index (κ1) is 16.1. The molecule has 120 valence electrons. The van der Waals surface area contributed by atoms with E-state index in [0.717, 1.165) is 32.1 Å². The molecule has 0 aromatic heterocycles. The molecule has 2 amide bonds. The van der Waals surface area contributed by atoms with E-state index in [1.54, 1.807) is 4.90 Å². The van der Waals surface area contributed by atoms with E-state index in [9.17, 15) is 19.8 Å². The zero-order valence-corrected chi connectivity index (χ0v) is 12.6. The Bertz CT molecular complexity index is 388. The van der Waals surface area contributed by atoms with E-state index in [2.05, 4.69) is 5.32 Å². The van der Waals surface area contributed by atoms with Crippen LogP contribution in [-0.2, 0) is 4.79 Å². The van der Waals surface area contributed by atoms with Gasteiger partial charge in [-0.3, -0.25) is 4.79 Å². The van der Waals surface area contributed by atoms with Crippen LogP contribution in [0.2, 0.25) is 0 Å². The van der Waals surface area contributed by atoms with Gasteiger partial charge < -0.3 is 20.4 Å². The first-order chi connectivity index (χ1) is 9.99. The van der Waals surface area contributed by atoms with Crippen LogP contribution in [0.3, 0.4) is 0 Å². The fourth-order valence-corrected chi connectivity index (χ4v) is 3.26. The van der Waals surface area contributed by atoms with Crippen molar-refractivity contribution in [2.24, 2.45) is 11.8 Å². The summed E-state index contributed by atoms with van der Waals surface area (Å²) in [6.07, 6.45) is 4.51. The number of urea groups is 1. The Labute approximate surface area is 125 Å². The lowest BCUT2D eigenvalue weighted by Crippen LogP contribution is -2.53. The van der Waals surface area contributed by atoms with Gasteiger partial charge in [0.25, 0.3) is 0 Å². The van der Waals surface area contributed by atoms with Crippen molar-refractivity contribution in [1.29, 1.82) is 0 Å². The third kappa shape index (κ3) is 4.09. The maximum Gasteiger partial charge on any atom is 0.317 e. The average molecular weight is 298 g/mol. The predicted octanol–water partition coefficient (Wildman–Crippen LogP) is 1.43. The van der Waals surface area contributed by atoms with Gasteiger partial charge in [0.05, 0.1) is 12.0 Å². The Balaban J connectivity index is 1.95. The minimum absolute atomic E-state index is 0.207. The Morgan fingerprint density at radius 3 is 2.52 bits per heavy atom. The first-order valence-corrected chi connectivity index (χ1v) is 7.95. The number of hydrogen-bond acceptors (Lipinski definition) is 3. The molecule has 0 aromatic carbocycles. The number of aliphatic carboxylic acids is 1. The molecule has 0 bridgehead atoms. The molecular weight excluding hydrogens is 272 g/mol. The number of carboxylic acid groups (broad SMARTS) is 1. The fourth-order valence-electron chi connectivity index (χ4n) is 3.26. The van der Waals surface area contributed by atoms with Gasteiger partial charge in [-0.15, -0.1) is 0 Å². The van der Waals surface area contributed by atoms with Gasteiger partial charge in [0, 0.05) is 19.1 Å². The number of carboxylic acids is 1. The summed E-state index contributed by atoms with van der Waals surface area (Å²) in [4.78, 5) is 25.3. The third-order valence-corrected chi connectivity index (χ3v) is 4.85. The van der Waals surface area contributed by atoms with Crippen molar-refractivity contribution in [3.63, 3.8) is 0 Å². The van der Waals surface area contributed by atoms with Crippen LogP contribution >= 0.6 is 0 Å². The molecule has 2 rings (SSSR count). The van der Waals surface area contributed by atoms with Crippen molar-refractivity contribution in [1.82, 2.24) is 10.2 Å². The zero-order valence-electron chi connectivity index (χ0n) is 12.6. The summed E-state index contributed by atoms with van der Waals surface area (Å²) in [6, 6.07) is -0.534. The summed E-state index contributed by atoms with van der Waals surface area (Å²) < 4.78 is 0. The van der Waals surface area contributed by atoms with E-state index in [1.807, 2.05) is 6.92 Å². The molecule has 2 fully saturated rings. The number of β-amino-alcohol motifs (C(OH)–C–C–N with tert-alkyl or cyclic N) is 1. The quantitative estimate of drug-likeness (QED) is 0.673. The lowest BCUT2D eigenvalue weighted by atomic mass is 9.94. The predicted molar refractivity (Wildman–Crippen MR) is 77.9 cm³/mol. The number of aliphatic hydroxyl groups is 1. The Kier molecular flexibility index (Phi) is 5.45. The molecule has 1 saturated heterocycles. The van der Waals surface area contributed by atoms with Gasteiger partial charge in [-0.1, -0.05) is 26.2 Å². The van der Waals surface area contributed by atoms with Crippen molar-refractivity contribution < 1.29 is 19.8 Å². The topological polar surface area (TPSA) is 89.9 Å². The van der Waals surface area contributed by atoms with Gasteiger partial charge in [-0.25, -0.2) is 4.79 Å². The summed E-state index contributed by atoms with van der Waals surface area (Å²) in [5, 5.41) is 22.1. The summed E-state index contributed by atoms with van der Waals surface area (Å²) in [6.45, 7) is 2.93. The van der Waals surface area contributed by atoms with Crippen molar-refractivity contribution in [3.05, 3.63) is 0 Å². The summed E-state index contributed by atoms with van der Waals surface area (Å²) in [7, 11) is 0. The second-order valence-corrected chi connectivity index (χ2v) is 6.42. The SMILES string of the molecule is CC1CCN(C(=O)NC2CCCCCC2C(=O)O)CC1O. The average Bonchev–Trinajstić information content (AvgIpc) is 2.67. The van der Waals surface area contributed by atoms with Gasteiger partial charge in [0.15, 0.2) is 0 Å². The minimum atomic E-state index is -0.825. The summed E-state index contributed by atoms with van der Waals surface area (Å²) >= 11 is 0. The van der Waals surface area contributed by atoms with Crippen LogP contribution in [0, 0.1) is 11.8 Å². The molecule has 4 unspecified atom stereocenters. The highest BCUT2D eigenvalue weighted by Gasteiger charge is 2.33. The number of carbonyl (C=O) groups excluding carboxylic acids is 1. The Morgan fingerprint density at radius 2 is 1.86 bits per heavy atom. The molecule has 0 radical (unpaired) electrons. The highest BCUT2D eigenvalue weighted by atomic mass is 16.4. The number of amides is 2. The number of aliphatic hydroxyl groups excluding tert-OH is 1. The molecule has 0 spiro atoms. The van der Waals surface area contributed by atoms with Gasteiger partial charge in [-0.05, 0) is 25.2 Å². The number of carbonyl (C=O) groups is 2. The monoisotopic (exact) mass is 298 g/mol. The summed E-state index contributed by atoms with van der Waals surface area (Å²) in [5.74, 6) is -1.11. The molecule has 1 aliphatic carbocycles. The number of likely N-dealkylation sites (tertiary alicyclic amines) is 1. The van der Waals surface area contributed by atoms with E-state index < -0.39 is 18.0 Å². The van der Waals surface area contributed by atoms with E-state index in [-0.39, 0.29) is 18.0 Å². The molecule has 6 heteroatoms. The number of piperidine rings is 1. The van der Waals surface area contributed by atoms with E-state index >= 15 is 0 Å². The molecule has 6 nitrogen and oxygen atoms in total. The Morgan fingerprint density at radius 1 is 1.14 bits per heavy atom. The molecule has 1 saturated carbocycles. The second kappa shape index (κ2) is 7.11. The highest BCUT2D eigenvalue weighted by Crippen LogP contribution is 2.24. The largest absolute Gasteiger partial charge is 0.481 e. The molecule has 0 aromatic rings. The molecule has 1 aliphatic heterocycles. The van der Waals surface area contributed by atoms with Crippen LogP contribution in [0.25, 0.3) is 0 Å². The van der Waals surface area contributed by atoms with Crippen molar-refractivity contribution in [3.8, 4) is 0 Å². The molecule has 3 N–H and O–H groups in total. The van der Waals surface area contributed by atoms with Crippen LogP contribution in [-0.4, -0.2) is 52.3 Å². The normalized spacial score (nSPS) is 34.1. The lowest BCUT2D eigenvalue weighted by molar-refractivity contribution is -0.142. The van der Waals surface area contributed by atoms with Crippen LogP contribution in [0.15, 0.2) is 0 Å². The van der Waals surface area contributed by atoms with Crippen molar-refractivity contribution in [2.45, 2.75) is 57.6 Å². The van der Waals surface area contributed by atoms with E-state index in [4.69, 9.17) is 0 Å². The first-order valence-electron chi connectivity index (χ1n) is 7.95. The molecule has 4 atom stereocenters. The van der Waals surface area contributed by atoms with Crippen LogP contribution < -0.4 is 5.32 Å². The maximum atomic E-state index is 12.3. The number of rotatable bonds is 2. The smallest absolute Gasteiger partial charge is 0.317 e. The van der Waals surface area contributed by atoms with Gasteiger partial charge >= 0.3 is 12.0 Å². The van der Waals surface area contributed by atoms with Crippen molar-refractivity contribution >= 4 is 12.0 Å². The van der Waals surface area contributed by atoms with Gasteiger partial charge in [-0.2, -0.15) is 0 Å². The lowest BCUT2D eigenvalue weighted by Gasteiger charge is -2.35. The van der Waals surface area contributed by atoms with Crippen LogP contribution in [0.4, 0.5) is 4.79 Å². The van der Waals surface area contributed by atoms with Crippen molar-refractivity contribution in [2.75, 3.05) is 13.1 Å². The zero-order chi connectivity index (χ0) is 15.4. The molecular formula is C15H26N2O4.